The maximum atomic E-state index is 13.3. The predicted octanol–water partition coefficient (Wildman–Crippen LogP) is 5.80. The number of amides is 2. The molecule has 5 nitrogen and oxygen atoms in total. The fraction of sp³-hybridized carbons (Fsp3) is 0.231. The number of ether oxygens (including phenoxy) is 1. The van der Waals surface area contributed by atoms with Crippen LogP contribution < -0.4 is 10.1 Å². The number of halogens is 4. The van der Waals surface area contributed by atoms with E-state index in [1.807, 2.05) is 6.92 Å². The molecule has 4 rings (SSSR count). The molecule has 0 unspecified atom stereocenters. The third-order valence-electron chi connectivity index (χ3n) is 5.65. The second-order valence-electron chi connectivity index (χ2n) is 8.19. The van der Waals surface area contributed by atoms with Crippen molar-refractivity contribution in [1.29, 1.82) is 0 Å². The predicted molar refractivity (Wildman–Crippen MR) is 121 cm³/mol. The van der Waals surface area contributed by atoms with Gasteiger partial charge in [0.05, 0.1) is 5.56 Å². The van der Waals surface area contributed by atoms with Crippen molar-refractivity contribution < 1.29 is 31.9 Å². The van der Waals surface area contributed by atoms with Gasteiger partial charge in [-0.3, -0.25) is 9.59 Å². The van der Waals surface area contributed by atoms with Crippen molar-refractivity contribution in [3.05, 3.63) is 94.8 Å². The number of nitrogens with one attached hydrogen (secondary N) is 1. The molecule has 35 heavy (non-hydrogen) atoms. The summed E-state index contributed by atoms with van der Waals surface area (Å²) in [4.78, 5) is 27.2. The van der Waals surface area contributed by atoms with Gasteiger partial charge in [-0.05, 0) is 60.5 Å². The standard InChI is InChI=1S/C26H22F4N2O3/c1-2-22-25(34)32(14-16-6-8-20(27)9-7-16)15-18-13-21(10-11-23(18)35-22)31-24(33)17-4-3-5-19(12-17)26(28,29)30/h3-13,22H,2,14-15H2,1H3,(H,31,33)/t22-/m1/s1. The van der Waals surface area contributed by atoms with Crippen molar-refractivity contribution in [2.24, 2.45) is 0 Å². The lowest BCUT2D eigenvalue weighted by Gasteiger charge is -2.23. The van der Waals surface area contributed by atoms with E-state index in [4.69, 9.17) is 4.74 Å². The molecule has 3 aromatic carbocycles. The SMILES string of the molecule is CC[C@H]1Oc2ccc(NC(=O)c3cccc(C(F)(F)F)c3)cc2CN(Cc2ccc(F)cc2)C1=O. The van der Waals surface area contributed by atoms with E-state index in [9.17, 15) is 27.2 Å². The zero-order chi connectivity index (χ0) is 25.2. The Morgan fingerprint density at radius 1 is 1.09 bits per heavy atom. The summed E-state index contributed by atoms with van der Waals surface area (Å²) in [6.07, 6.45) is -4.83. The molecule has 1 heterocycles. The first kappa shape index (κ1) is 24.3. The van der Waals surface area contributed by atoms with Crippen LogP contribution in [0.3, 0.4) is 0 Å². The Labute approximate surface area is 199 Å². The number of hydrogen-bond donors (Lipinski definition) is 1. The number of hydrogen-bond acceptors (Lipinski definition) is 3. The van der Waals surface area contributed by atoms with Crippen LogP contribution in [0.15, 0.2) is 66.7 Å². The number of fused-ring (bicyclic) bond motifs is 1. The zero-order valence-corrected chi connectivity index (χ0v) is 18.7. The van der Waals surface area contributed by atoms with Crippen molar-refractivity contribution in [3.8, 4) is 5.75 Å². The first-order valence-corrected chi connectivity index (χ1v) is 11.0. The Morgan fingerprint density at radius 3 is 2.51 bits per heavy atom. The maximum absolute atomic E-state index is 13.3. The molecule has 0 aliphatic carbocycles. The molecule has 1 atom stereocenters. The summed E-state index contributed by atoms with van der Waals surface area (Å²) in [5.74, 6) is -0.820. The lowest BCUT2D eigenvalue weighted by Crippen LogP contribution is -2.38. The summed E-state index contributed by atoms with van der Waals surface area (Å²) in [6, 6.07) is 14.8. The van der Waals surface area contributed by atoms with Gasteiger partial charge in [0, 0.05) is 29.9 Å². The smallest absolute Gasteiger partial charge is 0.416 e. The van der Waals surface area contributed by atoms with Gasteiger partial charge in [0.25, 0.3) is 11.8 Å². The van der Waals surface area contributed by atoms with Crippen LogP contribution in [0.5, 0.6) is 5.75 Å². The Hall–Kier alpha value is -3.88. The van der Waals surface area contributed by atoms with Crippen LogP contribution in [0.4, 0.5) is 23.2 Å². The Morgan fingerprint density at radius 2 is 1.83 bits per heavy atom. The van der Waals surface area contributed by atoms with Crippen LogP contribution in [0, 0.1) is 5.82 Å². The number of alkyl halides is 3. The van der Waals surface area contributed by atoms with Crippen molar-refractivity contribution >= 4 is 17.5 Å². The number of rotatable bonds is 5. The molecule has 1 aliphatic heterocycles. The highest BCUT2D eigenvalue weighted by atomic mass is 19.4. The van der Waals surface area contributed by atoms with Gasteiger partial charge in [-0.15, -0.1) is 0 Å². The molecule has 0 spiro atoms. The third kappa shape index (κ3) is 5.62. The largest absolute Gasteiger partial charge is 0.480 e. The summed E-state index contributed by atoms with van der Waals surface area (Å²) in [5, 5.41) is 2.61. The number of carbonyl (C=O) groups excluding carboxylic acids is 2. The van der Waals surface area contributed by atoms with Crippen LogP contribution in [-0.2, 0) is 24.1 Å². The maximum Gasteiger partial charge on any atom is 0.416 e. The van der Waals surface area contributed by atoms with Crippen LogP contribution in [0.1, 0.15) is 40.4 Å². The normalized spacial score (nSPS) is 15.7. The third-order valence-corrected chi connectivity index (χ3v) is 5.65. The van der Waals surface area contributed by atoms with Crippen molar-refractivity contribution in [2.45, 2.75) is 38.7 Å². The molecular formula is C26H22F4N2O3. The average molecular weight is 486 g/mol. The van der Waals surface area contributed by atoms with Crippen molar-refractivity contribution in [2.75, 3.05) is 5.32 Å². The van der Waals surface area contributed by atoms with E-state index in [2.05, 4.69) is 5.32 Å². The van der Waals surface area contributed by atoms with E-state index in [-0.39, 0.29) is 30.4 Å². The van der Waals surface area contributed by atoms with Crippen LogP contribution >= 0.6 is 0 Å². The fourth-order valence-corrected chi connectivity index (χ4v) is 3.83. The van der Waals surface area contributed by atoms with Gasteiger partial charge in [0.1, 0.15) is 11.6 Å². The van der Waals surface area contributed by atoms with E-state index < -0.39 is 23.8 Å². The van der Waals surface area contributed by atoms with Gasteiger partial charge in [-0.2, -0.15) is 13.2 Å². The van der Waals surface area contributed by atoms with Crippen LogP contribution in [-0.4, -0.2) is 22.8 Å². The minimum atomic E-state index is -4.56. The van der Waals surface area contributed by atoms with Gasteiger partial charge in [-0.1, -0.05) is 25.1 Å². The molecule has 0 aromatic heterocycles. The summed E-state index contributed by atoms with van der Waals surface area (Å²) in [5.41, 5.74) is 0.662. The van der Waals surface area contributed by atoms with Gasteiger partial charge >= 0.3 is 6.18 Å². The van der Waals surface area contributed by atoms with Crippen LogP contribution in [0.25, 0.3) is 0 Å². The Kier molecular flexibility index (Phi) is 6.77. The molecule has 182 valence electrons. The van der Waals surface area contributed by atoms with E-state index >= 15 is 0 Å². The van der Waals surface area contributed by atoms with E-state index in [0.717, 1.165) is 17.7 Å². The molecular weight excluding hydrogens is 464 g/mol. The first-order chi connectivity index (χ1) is 16.6. The molecule has 0 radical (unpaired) electrons. The lowest BCUT2D eigenvalue weighted by molar-refractivity contribution is -0.139. The number of benzene rings is 3. The van der Waals surface area contributed by atoms with Gasteiger partial charge in [0.2, 0.25) is 0 Å². The van der Waals surface area contributed by atoms with Gasteiger partial charge in [-0.25, -0.2) is 4.39 Å². The Balaban J connectivity index is 1.57. The molecule has 0 saturated carbocycles. The summed E-state index contributed by atoms with van der Waals surface area (Å²) in [6.45, 7) is 2.24. The molecule has 0 fully saturated rings. The number of anilines is 1. The highest BCUT2D eigenvalue weighted by Crippen LogP contribution is 2.32. The highest BCUT2D eigenvalue weighted by Gasteiger charge is 2.32. The van der Waals surface area contributed by atoms with Gasteiger partial charge in [0.15, 0.2) is 6.10 Å². The number of nitrogens with zero attached hydrogens (tertiary/aromatic N) is 1. The average Bonchev–Trinajstić information content (AvgIpc) is 2.96. The molecule has 0 bridgehead atoms. The lowest BCUT2D eigenvalue weighted by atomic mass is 10.1. The molecule has 0 saturated heterocycles. The summed E-state index contributed by atoms with van der Waals surface area (Å²) < 4.78 is 58.2. The summed E-state index contributed by atoms with van der Waals surface area (Å²) >= 11 is 0. The first-order valence-electron chi connectivity index (χ1n) is 11.0. The topological polar surface area (TPSA) is 58.6 Å². The second kappa shape index (κ2) is 9.77. The highest BCUT2D eigenvalue weighted by molar-refractivity contribution is 6.04. The minimum absolute atomic E-state index is 0.134. The zero-order valence-electron chi connectivity index (χ0n) is 18.7. The van der Waals surface area contributed by atoms with E-state index in [0.29, 0.717) is 23.4 Å². The summed E-state index contributed by atoms with van der Waals surface area (Å²) in [7, 11) is 0. The molecule has 1 aliphatic rings. The second-order valence-corrected chi connectivity index (χ2v) is 8.19. The number of carbonyl (C=O) groups is 2. The molecule has 2 amide bonds. The molecule has 9 heteroatoms. The Bertz CT molecular complexity index is 1240. The van der Waals surface area contributed by atoms with Crippen LogP contribution in [0.2, 0.25) is 0 Å². The van der Waals surface area contributed by atoms with Crippen molar-refractivity contribution in [1.82, 2.24) is 4.90 Å². The monoisotopic (exact) mass is 486 g/mol. The molecule has 1 N–H and O–H groups in total. The van der Waals surface area contributed by atoms with E-state index in [1.165, 1.54) is 24.3 Å². The van der Waals surface area contributed by atoms with Gasteiger partial charge < -0.3 is 15.0 Å². The quantitative estimate of drug-likeness (QED) is 0.464. The van der Waals surface area contributed by atoms with E-state index in [1.54, 1.807) is 35.2 Å². The molecule has 3 aromatic rings. The fourth-order valence-electron chi connectivity index (χ4n) is 3.83. The van der Waals surface area contributed by atoms with Crippen molar-refractivity contribution in [3.63, 3.8) is 0 Å². The minimum Gasteiger partial charge on any atom is -0.480 e.